The van der Waals surface area contributed by atoms with Crippen molar-refractivity contribution in [2.45, 2.75) is 37.6 Å². The highest BCUT2D eigenvalue weighted by molar-refractivity contribution is 5.89. The molecule has 84 valence electrons. The zero-order chi connectivity index (χ0) is 11.0. The van der Waals surface area contributed by atoms with Crippen molar-refractivity contribution >= 4 is 5.97 Å². The lowest BCUT2D eigenvalue weighted by molar-refractivity contribution is 0.00595. The van der Waals surface area contributed by atoms with Gasteiger partial charge in [0.15, 0.2) is 0 Å². The Morgan fingerprint density at radius 3 is 2.69 bits per heavy atom. The lowest BCUT2D eigenvalue weighted by Gasteiger charge is -2.18. The SMILES string of the molecule is O=C(OC1CC2CCC1O2)c1ccccc1. The number of benzene rings is 1. The monoisotopic (exact) mass is 218 g/mol. The highest BCUT2D eigenvalue weighted by Crippen LogP contribution is 2.36. The van der Waals surface area contributed by atoms with Gasteiger partial charge >= 0.3 is 5.97 Å². The van der Waals surface area contributed by atoms with Gasteiger partial charge in [0.05, 0.1) is 17.8 Å². The summed E-state index contributed by atoms with van der Waals surface area (Å²) in [6.07, 6.45) is 3.42. The minimum atomic E-state index is -0.234. The van der Waals surface area contributed by atoms with Crippen molar-refractivity contribution in [2.24, 2.45) is 0 Å². The fourth-order valence-electron chi connectivity index (χ4n) is 2.50. The number of ether oxygens (including phenoxy) is 2. The van der Waals surface area contributed by atoms with Gasteiger partial charge in [0, 0.05) is 6.42 Å². The highest BCUT2D eigenvalue weighted by Gasteiger charge is 2.43. The minimum Gasteiger partial charge on any atom is -0.456 e. The Kier molecular flexibility index (Phi) is 2.40. The second-order valence-corrected chi connectivity index (χ2v) is 4.42. The van der Waals surface area contributed by atoms with E-state index in [1.807, 2.05) is 18.2 Å². The molecule has 2 aliphatic rings. The molecule has 1 aromatic carbocycles. The molecule has 0 spiro atoms. The average molecular weight is 218 g/mol. The van der Waals surface area contributed by atoms with Gasteiger partial charge in [-0.3, -0.25) is 0 Å². The van der Waals surface area contributed by atoms with Crippen LogP contribution in [-0.2, 0) is 9.47 Å². The van der Waals surface area contributed by atoms with Gasteiger partial charge in [0.2, 0.25) is 0 Å². The van der Waals surface area contributed by atoms with Crippen LogP contribution in [0, 0.1) is 0 Å². The largest absolute Gasteiger partial charge is 0.456 e. The minimum absolute atomic E-state index is 0.0357. The average Bonchev–Trinajstić information content (AvgIpc) is 2.92. The molecule has 0 N–H and O–H groups in total. The van der Waals surface area contributed by atoms with Crippen molar-refractivity contribution in [3.63, 3.8) is 0 Å². The summed E-state index contributed by atoms with van der Waals surface area (Å²) in [6, 6.07) is 9.12. The van der Waals surface area contributed by atoms with E-state index < -0.39 is 0 Å². The Hall–Kier alpha value is -1.35. The van der Waals surface area contributed by atoms with Crippen molar-refractivity contribution in [1.29, 1.82) is 0 Å². The predicted octanol–water partition coefficient (Wildman–Crippen LogP) is 2.16. The molecule has 2 fully saturated rings. The third-order valence-electron chi connectivity index (χ3n) is 3.32. The summed E-state index contributed by atoms with van der Waals surface area (Å²) >= 11 is 0. The smallest absolute Gasteiger partial charge is 0.338 e. The van der Waals surface area contributed by atoms with Crippen molar-refractivity contribution in [2.75, 3.05) is 0 Å². The van der Waals surface area contributed by atoms with Gasteiger partial charge in [0.1, 0.15) is 6.10 Å². The van der Waals surface area contributed by atoms with Crippen LogP contribution in [0.2, 0.25) is 0 Å². The van der Waals surface area contributed by atoms with E-state index in [4.69, 9.17) is 9.47 Å². The molecule has 1 aromatic rings. The van der Waals surface area contributed by atoms with Crippen LogP contribution in [-0.4, -0.2) is 24.3 Å². The second-order valence-electron chi connectivity index (χ2n) is 4.42. The maximum atomic E-state index is 11.8. The summed E-state index contributed by atoms with van der Waals surface area (Å²) in [5.74, 6) is -0.234. The van der Waals surface area contributed by atoms with Crippen molar-refractivity contribution in [1.82, 2.24) is 0 Å². The van der Waals surface area contributed by atoms with E-state index in [9.17, 15) is 4.79 Å². The van der Waals surface area contributed by atoms with Gasteiger partial charge in [0.25, 0.3) is 0 Å². The summed E-state index contributed by atoms with van der Waals surface area (Å²) in [4.78, 5) is 11.8. The van der Waals surface area contributed by atoms with Crippen molar-refractivity contribution in [3.05, 3.63) is 35.9 Å². The first-order valence-corrected chi connectivity index (χ1v) is 5.74. The van der Waals surface area contributed by atoms with Crippen LogP contribution in [0.4, 0.5) is 0 Å². The lowest BCUT2D eigenvalue weighted by atomic mass is 9.98. The van der Waals surface area contributed by atoms with Crippen molar-refractivity contribution < 1.29 is 14.3 Å². The number of fused-ring (bicyclic) bond motifs is 2. The van der Waals surface area contributed by atoms with Crippen LogP contribution < -0.4 is 0 Å². The quantitative estimate of drug-likeness (QED) is 0.713. The van der Waals surface area contributed by atoms with Crippen LogP contribution in [0.1, 0.15) is 29.6 Å². The summed E-state index contributed by atoms with van der Waals surface area (Å²) in [7, 11) is 0. The van der Waals surface area contributed by atoms with E-state index in [1.165, 1.54) is 0 Å². The number of carbonyl (C=O) groups is 1. The Labute approximate surface area is 94.4 Å². The highest BCUT2D eigenvalue weighted by atomic mass is 16.6. The molecule has 3 unspecified atom stereocenters. The molecule has 0 amide bonds. The van der Waals surface area contributed by atoms with Crippen molar-refractivity contribution in [3.8, 4) is 0 Å². The number of hydrogen-bond donors (Lipinski definition) is 0. The molecule has 2 saturated heterocycles. The maximum absolute atomic E-state index is 11.8. The summed E-state index contributed by atoms with van der Waals surface area (Å²) in [6.45, 7) is 0. The summed E-state index contributed by atoms with van der Waals surface area (Å²) < 4.78 is 11.1. The topological polar surface area (TPSA) is 35.5 Å². The molecular formula is C13H14O3. The van der Waals surface area contributed by atoms with Gasteiger partial charge in [-0.1, -0.05) is 18.2 Å². The number of carbonyl (C=O) groups excluding carboxylic acids is 1. The van der Waals surface area contributed by atoms with Gasteiger partial charge in [-0.2, -0.15) is 0 Å². The molecule has 2 heterocycles. The summed E-state index contributed by atoms with van der Waals surface area (Å²) in [5.41, 5.74) is 0.616. The molecule has 3 atom stereocenters. The van der Waals surface area contributed by atoms with Crippen LogP contribution in [0.3, 0.4) is 0 Å². The molecule has 3 rings (SSSR count). The molecule has 0 radical (unpaired) electrons. The van der Waals surface area contributed by atoms with Gasteiger partial charge in [-0.25, -0.2) is 4.79 Å². The number of hydrogen-bond acceptors (Lipinski definition) is 3. The van der Waals surface area contributed by atoms with Gasteiger partial charge in [-0.05, 0) is 25.0 Å². The molecule has 0 aromatic heterocycles. The molecule has 2 bridgehead atoms. The molecule has 3 heteroatoms. The Morgan fingerprint density at radius 2 is 2.06 bits per heavy atom. The van der Waals surface area contributed by atoms with Crippen LogP contribution >= 0.6 is 0 Å². The van der Waals surface area contributed by atoms with E-state index in [-0.39, 0.29) is 18.2 Å². The summed E-state index contributed by atoms with van der Waals surface area (Å²) in [5, 5.41) is 0. The van der Waals surface area contributed by atoms with Gasteiger partial charge < -0.3 is 9.47 Å². The first-order valence-electron chi connectivity index (χ1n) is 5.74. The molecule has 0 saturated carbocycles. The first kappa shape index (κ1) is 9.85. The standard InChI is InChI=1S/C13H14O3/c14-13(9-4-2-1-3-5-9)16-12-8-10-6-7-11(12)15-10/h1-5,10-12H,6-8H2. The van der Waals surface area contributed by atoms with Crippen LogP contribution in [0.5, 0.6) is 0 Å². The zero-order valence-electron chi connectivity index (χ0n) is 8.96. The zero-order valence-corrected chi connectivity index (χ0v) is 8.96. The Morgan fingerprint density at radius 1 is 1.25 bits per heavy atom. The molecule has 3 nitrogen and oxygen atoms in total. The molecule has 16 heavy (non-hydrogen) atoms. The van der Waals surface area contributed by atoms with E-state index in [0.29, 0.717) is 11.7 Å². The number of esters is 1. The van der Waals surface area contributed by atoms with Gasteiger partial charge in [-0.15, -0.1) is 0 Å². The predicted molar refractivity (Wildman–Crippen MR) is 58.2 cm³/mol. The Bertz CT molecular complexity index is 387. The Balaban J connectivity index is 1.65. The van der Waals surface area contributed by atoms with Crippen LogP contribution in [0.25, 0.3) is 0 Å². The first-order chi connectivity index (χ1) is 7.83. The fraction of sp³-hybridized carbons (Fsp3) is 0.462. The molecular weight excluding hydrogens is 204 g/mol. The van der Waals surface area contributed by atoms with Crippen LogP contribution in [0.15, 0.2) is 30.3 Å². The number of rotatable bonds is 2. The lowest BCUT2D eigenvalue weighted by Crippen LogP contribution is -2.28. The molecule has 2 aliphatic heterocycles. The van der Waals surface area contributed by atoms with E-state index >= 15 is 0 Å². The van der Waals surface area contributed by atoms with E-state index in [2.05, 4.69) is 0 Å². The second kappa shape index (κ2) is 3.91. The third-order valence-corrected chi connectivity index (χ3v) is 3.32. The molecule has 0 aliphatic carbocycles. The third kappa shape index (κ3) is 1.71. The maximum Gasteiger partial charge on any atom is 0.338 e. The van der Waals surface area contributed by atoms with E-state index in [1.54, 1.807) is 12.1 Å². The fourth-order valence-corrected chi connectivity index (χ4v) is 2.50. The van der Waals surface area contributed by atoms with E-state index in [0.717, 1.165) is 19.3 Å². The normalized spacial score (nSPS) is 31.6.